The second-order valence-corrected chi connectivity index (χ2v) is 5.38. The summed E-state index contributed by atoms with van der Waals surface area (Å²) in [4.78, 5) is 4.55. The first-order valence-electron chi connectivity index (χ1n) is 6.88. The van der Waals surface area contributed by atoms with E-state index in [0.29, 0.717) is 17.7 Å². The molecule has 0 unspecified atom stereocenters. The maximum absolute atomic E-state index is 5.44. The molecule has 0 bridgehead atoms. The van der Waals surface area contributed by atoms with E-state index >= 15 is 0 Å². The van der Waals surface area contributed by atoms with Gasteiger partial charge in [0, 0.05) is 12.1 Å². The quantitative estimate of drug-likeness (QED) is 0.930. The first-order valence-corrected chi connectivity index (χ1v) is 6.88. The number of hydrogen-bond donors (Lipinski definition) is 1. The third kappa shape index (κ3) is 2.29. The summed E-state index contributed by atoms with van der Waals surface area (Å²) < 4.78 is 10.7. The first-order chi connectivity index (χ1) is 9.69. The highest BCUT2D eigenvalue weighted by atomic mass is 16.5. The number of ether oxygens (including phenoxy) is 1. The summed E-state index contributed by atoms with van der Waals surface area (Å²) in [6.45, 7) is 6.12. The molecule has 2 atom stereocenters. The lowest BCUT2D eigenvalue weighted by Gasteiger charge is -2.07. The molecule has 1 aliphatic heterocycles. The van der Waals surface area contributed by atoms with E-state index in [1.165, 1.54) is 0 Å². The molecule has 2 aromatic rings. The van der Waals surface area contributed by atoms with Gasteiger partial charge in [-0.15, -0.1) is 0 Å². The van der Waals surface area contributed by atoms with Gasteiger partial charge in [-0.1, -0.05) is 12.1 Å². The lowest BCUT2D eigenvalue weighted by atomic mass is 9.98. The number of aromatic nitrogens is 2. The molecule has 0 radical (unpaired) electrons. The Morgan fingerprint density at radius 3 is 2.85 bits per heavy atom. The van der Waals surface area contributed by atoms with Gasteiger partial charge in [0.25, 0.3) is 0 Å². The van der Waals surface area contributed by atoms with Crippen LogP contribution in [-0.4, -0.2) is 30.3 Å². The minimum absolute atomic E-state index is 0.315. The van der Waals surface area contributed by atoms with Crippen molar-refractivity contribution in [1.82, 2.24) is 15.5 Å². The highest BCUT2D eigenvalue weighted by Crippen LogP contribution is 2.29. The van der Waals surface area contributed by atoms with E-state index < -0.39 is 0 Å². The van der Waals surface area contributed by atoms with Crippen LogP contribution in [0.3, 0.4) is 0 Å². The van der Waals surface area contributed by atoms with Crippen molar-refractivity contribution in [3.8, 4) is 17.1 Å². The Balaban J connectivity index is 1.88. The Morgan fingerprint density at radius 2 is 2.20 bits per heavy atom. The summed E-state index contributed by atoms with van der Waals surface area (Å²) in [5.41, 5.74) is 2.02. The van der Waals surface area contributed by atoms with E-state index in [0.717, 1.165) is 35.9 Å². The predicted molar refractivity (Wildman–Crippen MR) is 75.8 cm³/mol. The average molecular weight is 273 g/mol. The number of rotatable bonds is 3. The molecule has 1 N–H and O–H groups in total. The number of hydrogen-bond acceptors (Lipinski definition) is 5. The van der Waals surface area contributed by atoms with Crippen molar-refractivity contribution in [3.63, 3.8) is 0 Å². The maximum Gasteiger partial charge on any atom is 0.231 e. The van der Waals surface area contributed by atoms with Crippen LogP contribution in [0.4, 0.5) is 0 Å². The first kappa shape index (κ1) is 13.1. The Labute approximate surface area is 118 Å². The Kier molecular flexibility index (Phi) is 3.44. The molecule has 1 saturated heterocycles. The lowest BCUT2D eigenvalue weighted by Crippen LogP contribution is -2.08. The summed E-state index contributed by atoms with van der Waals surface area (Å²) in [5, 5.41) is 7.46. The van der Waals surface area contributed by atoms with E-state index in [2.05, 4.69) is 22.4 Å². The number of nitrogens with zero attached hydrogens (tertiary/aromatic N) is 2. The van der Waals surface area contributed by atoms with Crippen LogP contribution in [0.1, 0.15) is 24.3 Å². The van der Waals surface area contributed by atoms with Crippen LogP contribution in [0.25, 0.3) is 11.4 Å². The standard InChI is InChI=1S/C15H19N3O2/c1-9-6-11(4-5-13(9)19-3)14-17-15(20-18-14)12-8-16-7-10(12)2/h4-6,10,12,16H,7-8H2,1-3H3/t10-,12-/m1/s1. The van der Waals surface area contributed by atoms with E-state index in [4.69, 9.17) is 9.26 Å². The van der Waals surface area contributed by atoms with Gasteiger partial charge < -0.3 is 14.6 Å². The zero-order chi connectivity index (χ0) is 14.1. The van der Waals surface area contributed by atoms with Crippen LogP contribution in [0, 0.1) is 12.8 Å². The van der Waals surface area contributed by atoms with Crippen molar-refractivity contribution in [1.29, 1.82) is 0 Å². The average Bonchev–Trinajstić information content (AvgIpc) is 3.07. The third-order valence-electron chi connectivity index (χ3n) is 3.93. The van der Waals surface area contributed by atoms with Gasteiger partial charge in [-0.2, -0.15) is 4.98 Å². The Hall–Kier alpha value is -1.88. The molecule has 0 amide bonds. The smallest absolute Gasteiger partial charge is 0.231 e. The molecule has 5 nitrogen and oxygen atoms in total. The predicted octanol–water partition coefficient (Wildman–Crippen LogP) is 2.38. The SMILES string of the molecule is COc1ccc(-c2noc([C@@H]3CNC[C@H]3C)n2)cc1C. The highest BCUT2D eigenvalue weighted by Gasteiger charge is 2.29. The molecule has 1 fully saturated rings. The molecule has 1 aromatic heterocycles. The van der Waals surface area contributed by atoms with Crippen molar-refractivity contribution in [3.05, 3.63) is 29.7 Å². The van der Waals surface area contributed by atoms with Crippen molar-refractivity contribution < 1.29 is 9.26 Å². The molecule has 0 aliphatic carbocycles. The number of aryl methyl sites for hydroxylation is 1. The van der Waals surface area contributed by atoms with Crippen molar-refractivity contribution in [2.24, 2.45) is 5.92 Å². The summed E-state index contributed by atoms with van der Waals surface area (Å²) in [7, 11) is 1.67. The fourth-order valence-corrected chi connectivity index (χ4v) is 2.66. The minimum Gasteiger partial charge on any atom is -0.496 e. The van der Waals surface area contributed by atoms with Gasteiger partial charge in [0.05, 0.1) is 13.0 Å². The monoisotopic (exact) mass is 273 g/mol. The van der Waals surface area contributed by atoms with Crippen LogP contribution in [0.15, 0.2) is 22.7 Å². The van der Waals surface area contributed by atoms with Crippen LogP contribution < -0.4 is 10.1 Å². The Morgan fingerprint density at radius 1 is 1.35 bits per heavy atom. The van der Waals surface area contributed by atoms with Crippen molar-refractivity contribution in [2.45, 2.75) is 19.8 Å². The third-order valence-corrected chi connectivity index (χ3v) is 3.93. The normalized spacial score (nSPS) is 22.1. The van der Waals surface area contributed by atoms with Gasteiger partial charge in [-0.25, -0.2) is 0 Å². The molecule has 3 rings (SSSR count). The van der Waals surface area contributed by atoms with Gasteiger partial charge in [-0.05, 0) is 43.1 Å². The summed E-state index contributed by atoms with van der Waals surface area (Å²) in [6.07, 6.45) is 0. The highest BCUT2D eigenvalue weighted by molar-refractivity contribution is 5.58. The van der Waals surface area contributed by atoms with Gasteiger partial charge in [0.15, 0.2) is 0 Å². The Bertz CT molecular complexity index is 609. The molecular weight excluding hydrogens is 254 g/mol. The van der Waals surface area contributed by atoms with Crippen molar-refractivity contribution in [2.75, 3.05) is 20.2 Å². The van der Waals surface area contributed by atoms with E-state index in [1.54, 1.807) is 7.11 Å². The molecule has 5 heteroatoms. The fraction of sp³-hybridized carbons (Fsp3) is 0.467. The van der Waals surface area contributed by atoms with Gasteiger partial charge in [0.1, 0.15) is 5.75 Å². The lowest BCUT2D eigenvalue weighted by molar-refractivity contribution is 0.340. The van der Waals surface area contributed by atoms with E-state index in [9.17, 15) is 0 Å². The molecule has 2 heterocycles. The summed E-state index contributed by atoms with van der Waals surface area (Å²) in [6, 6.07) is 5.90. The summed E-state index contributed by atoms with van der Waals surface area (Å²) in [5.74, 6) is 3.08. The second kappa shape index (κ2) is 5.25. The molecular formula is C15H19N3O2. The van der Waals surface area contributed by atoms with E-state index in [1.807, 2.05) is 25.1 Å². The zero-order valence-corrected chi connectivity index (χ0v) is 12.0. The van der Waals surface area contributed by atoms with Gasteiger partial charge in [0.2, 0.25) is 11.7 Å². The largest absolute Gasteiger partial charge is 0.496 e. The van der Waals surface area contributed by atoms with Crippen LogP contribution in [0.2, 0.25) is 0 Å². The maximum atomic E-state index is 5.44. The number of nitrogens with one attached hydrogen (secondary N) is 1. The van der Waals surface area contributed by atoms with Crippen LogP contribution in [-0.2, 0) is 0 Å². The molecule has 1 aromatic carbocycles. The minimum atomic E-state index is 0.315. The molecule has 0 saturated carbocycles. The molecule has 106 valence electrons. The van der Waals surface area contributed by atoms with Crippen LogP contribution >= 0.6 is 0 Å². The molecule has 0 spiro atoms. The zero-order valence-electron chi connectivity index (χ0n) is 12.0. The second-order valence-electron chi connectivity index (χ2n) is 5.38. The van der Waals surface area contributed by atoms with E-state index in [-0.39, 0.29) is 0 Å². The molecule has 1 aliphatic rings. The van der Waals surface area contributed by atoms with Crippen LogP contribution in [0.5, 0.6) is 5.75 Å². The van der Waals surface area contributed by atoms with Gasteiger partial charge in [-0.3, -0.25) is 0 Å². The molecule has 20 heavy (non-hydrogen) atoms. The van der Waals surface area contributed by atoms with Crippen molar-refractivity contribution >= 4 is 0 Å². The number of benzene rings is 1. The summed E-state index contributed by atoms with van der Waals surface area (Å²) >= 11 is 0. The fourth-order valence-electron chi connectivity index (χ4n) is 2.66. The number of methoxy groups -OCH3 is 1. The topological polar surface area (TPSA) is 60.2 Å². The van der Waals surface area contributed by atoms with Gasteiger partial charge >= 0.3 is 0 Å².